The summed E-state index contributed by atoms with van der Waals surface area (Å²) in [6.45, 7) is 8.63. The molecule has 0 aliphatic heterocycles. The Hall–Kier alpha value is -3.73. The Morgan fingerprint density at radius 3 is 2.09 bits per heavy atom. The Balaban J connectivity index is 2.00. The number of hydrogen-bond acceptors (Lipinski definition) is 4. The Kier molecular flexibility index (Phi) is 8.96. The molecule has 0 saturated carbocycles. The van der Waals surface area contributed by atoms with Crippen LogP contribution in [-0.4, -0.2) is 26.7 Å². The molecular weight excluding hydrogens is 436 g/mol. The molecule has 1 amide bonds. The zero-order valence-corrected chi connectivity index (χ0v) is 21.2. The number of nitrogens with zero attached hydrogens (tertiary/aromatic N) is 1. The van der Waals surface area contributed by atoms with E-state index in [4.69, 9.17) is 15.2 Å². The van der Waals surface area contributed by atoms with Crippen molar-refractivity contribution < 1.29 is 14.3 Å². The van der Waals surface area contributed by atoms with Crippen molar-refractivity contribution in [2.24, 2.45) is 5.73 Å². The highest BCUT2D eigenvalue weighted by molar-refractivity contribution is 6.00. The molecule has 0 saturated heterocycles. The van der Waals surface area contributed by atoms with E-state index in [0.717, 1.165) is 52.3 Å². The number of benzene rings is 3. The fourth-order valence-electron chi connectivity index (χ4n) is 4.40. The number of ether oxygens (including phenoxy) is 2. The van der Waals surface area contributed by atoms with E-state index in [2.05, 4.69) is 32.6 Å². The minimum atomic E-state index is -0.634. The van der Waals surface area contributed by atoms with Gasteiger partial charge in [-0.3, -0.25) is 4.79 Å². The molecule has 1 atom stereocenters. The molecule has 0 spiro atoms. The van der Waals surface area contributed by atoms with Gasteiger partial charge in [0.2, 0.25) is 5.91 Å². The van der Waals surface area contributed by atoms with Crippen LogP contribution in [-0.2, 0) is 24.1 Å². The summed E-state index contributed by atoms with van der Waals surface area (Å²) < 4.78 is 11.0. The quantitative estimate of drug-likeness (QED) is 0.391. The van der Waals surface area contributed by atoms with Crippen molar-refractivity contribution in [3.05, 3.63) is 101 Å². The highest BCUT2D eigenvalue weighted by atomic mass is 16.5. The average molecular weight is 473 g/mol. The number of carbonyl (C=O) groups excluding carboxylic acids is 1. The SMILES string of the molecule is C=C(N)C(C(=O)N(CCc1ccc(OC)c(CC)c1)c1ccc(OC)c(CC)c1)c1ccccc1. The van der Waals surface area contributed by atoms with E-state index in [1.54, 1.807) is 14.2 Å². The van der Waals surface area contributed by atoms with Gasteiger partial charge in [-0.1, -0.05) is 62.9 Å². The second-order valence-corrected chi connectivity index (χ2v) is 8.51. The summed E-state index contributed by atoms with van der Waals surface area (Å²) in [5, 5.41) is 0. The molecule has 0 heterocycles. The van der Waals surface area contributed by atoms with Crippen LogP contribution in [0.1, 0.15) is 42.0 Å². The number of amides is 1. The summed E-state index contributed by atoms with van der Waals surface area (Å²) in [6, 6.07) is 21.7. The number of hydrogen-bond donors (Lipinski definition) is 1. The highest BCUT2D eigenvalue weighted by Gasteiger charge is 2.28. The predicted octanol–water partition coefficient (Wildman–Crippen LogP) is 5.66. The number of methoxy groups -OCH3 is 2. The molecule has 184 valence electrons. The molecular formula is C30H36N2O3. The summed E-state index contributed by atoms with van der Waals surface area (Å²) in [7, 11) is 3.35. The Morgan fingerprint density at radius 2 is 1.51 bits per heavy atom. The number of rotatable bonds is 11. The Morgan fingerprint density at radius 1 is 0.914 bits per heavy atom. The second kappa shape index (κ2) is 12.1. The summed E-state index contributed by atoms with van der Waals surface area (Å²) in [4.78, 5) is 15.8. The zero-order chi connectivity index (χ0) is 25.4. The lowest BCUT2D eigenvalue weighted by Crippen LogP contribution is -2.38. The van der Waals surface area contributed by atoms with Crippen molar-refractivity contribution in [2.45, 2.75) is 39.0 Å². The van der Waals surface area contributed by atoms with Crippen LogP contribution in [0.25, 0.3) is 0 Å². The van der Waals surface area contributed by atoms with Gasteiger partial charge >= 0.3 is 0 Å². The smallest absolute Gasteiger partial charge is 0.240 e. The minimum Gasteiger partial charge on any atom is -0.496 e. The first-order chi connectivity index (χ1) is 16.9. The van der Waals surface area contributed by atoms with E-state index in [1.807, 2.05) is 59.5 Å². The largest absolute Gasteiger partial charge is 0.496 e. The molecule has 0 fully saturated rings. The molecule has 3 aromatic rings. The van der Waals surface area contributed by atoms with E-state index in [9.17, 15) is 4.79 Å². The first-order valence-electron chi connectivity index (χ1n) is 12.1. The molecule has 35 heavy (non-hydrogen) atoms. The van der Waals surface area contributed by atoms with Crippen LogP contribution in [0.4, 0.5) is 5.69 Å². The van der Waals surface area contributed by atoms with Crippen LogP contribution in [0.15, 0.2) is 79.0 Å². The third kappa shape index (κ3) is 6.04. The van der Waals surface area contributed by atoms with Crippen LogP contribution in [0.2, 0.25) is 0 Å². The van der Waals surface area contributed by atoms with Crippen molar-refractivity contribution >= 4 is 11.6 Å². The molecule has 1 unspecified atom stereocenters. The monoisotopic (exact) mass is 472 g/mol. The van der Waals surface area contributed by atoms with E-state index in [1.165, 1.54) is 0 Å². The third-order valence-electron chi connectivity index (χ3n) is 6.32. The van der Waals surface area contributed by atoms with Gasteiger partial charge in [0.1, 0.15) is 17.4 Å². The molecule has 3 rings (SSSR count). The minimum absolute atomic E-state index is 0.0971. The standard InChI is InChI=1S/C30H36N2O3/c1-6-23-19-22(13-15-27(23)34-4)17-18-32(26-14-16-28(35-5)24(7-2)20-26)30(33)29(21(3)31)25-11-9-8-10-12-25/h8-16,19-20,29H,3,6-7,17-18,31H2,1-2,4-5H3. The molecule has 0 bridgehead atoms. The van der Waals surface area contributed by atoms with Crippen molar-refractivity contribution in [3.8, 4) is 11.5 Å². The summed E-state index contributed by atoms with van der Waals surface area (Å²) in [5.41, 5.74) is 11.5. The van der Waals surface area contributed by atoms with E-state index >= 15 is 0 Å². The van der Waals surface area contributed by atoms with Crippen LogP contribution in [0.5, 0.6) is 11.5 Å². The first kappa shape index (κ1) is 25.9. The lowest BCUT2D eigenvalue weighted by molar-refractivity contribution is -0.119. The fraction of sp³-hybridized carbons (Fsp3) is 0.300. The maximum absolute atomic E-state index is 14.0. The third-order valence-corrected chi connectivity index (χ3v) is 6.32. The molecule has 0 radical (unpaired) electrons. The van der Waals surface area contributed by atoms with Gasteiger partial charge in [0.15, 0.2) is 0 Å². The van der Waals surface area contributed by atoms with Crippen LogP contribution < -0.4 is 20.1 Å². The molecule has 3 aromatic carbocycles. The van der Waals surface area contributed by atoms with Gasteiger partial charge in [-0.2, -0.15) is 0 Å². The molecule has 2 N–H and O–H groups in total. The molecule has 5 heteroatoms. The van der Waals surface area contributed by atoms with Gasteiger partial charge in [-0.15, -0.1) is 0 Å². The fourth-order valence-corrected chi connectivity index (χ4v) is 4.40. The summed E-state index contributed by atoms with van der Waals surface area (Å²) >= 11 is 0. The first-order valence-corrected chi connectivity index (χ1v) is 12.1. The van der Waals surface area contributed by atoms with E-state index < -0.39 is 5.92 Å². The predicted molar refractivity (Wildman–Crippen MR) is 143 cm³/mol. The maximum Gasteiger partial charge on any atom is 0.240 e. The van der Waals surface area contributed by atoms with Crippen LogP contribution in [0.3, 0.4) is 0 Å². The van der Waals surface area contributed by atoms with E-state index in [-0.39, 0.29) is 5.91 Å². The van der Waals surface area contributed by atoms with Crippen molar-refractivity contribution in [1.29, 1.82) is 0 Å². The van der Waals surface area contributed by atoms with Gasteiger partial charge in [0.25, 0.3) is 0 Å². The van der Waals surface area contributed by atoms with Crippen molar-refractivity contribution in [3.63, 3.8) is 0 Å². The van der Waals surface area contributed by atoms with Gasteiger partial charge in [-0.25, -0.2) is 0 Å². The lowest BCUT2D eigenvalue weighted by Gasteiger charge is -2.29. The second-order valence-electron chi connectivity index (χ2n) is 8.51. The molecule has 0 aliphatic rings. The molecule has 0 aliphatic carbocycles. The zero-order valence-electron chi connectivity index (χ0n) is 21.2. The van der Waals surface area contributed by atoms with Crippen LogP contribution in [0, 0.1) is 0 Å². The topological polar surface area (TPSA) is 64.8 Å². The van der Waals surface area contributed by atoms with Gasteiger partial charge in [0.05, 0.1) is 14.2 Å². The summed E-state index contributed by atoms with van der Waals surface area (Å²) in [5.74, 6) is 0.968. The van der Waals surface area contributed by atoms with Gasteiger partial charge in [0, 0.05) is 17.9 Å². The van der Waals surface area contributed by atoms with Crippen molar-refractivity contribution in [1.82, 2.24) is 0 Å². The normalized spacial score (nSPS) is 11.5. The highest BCUT2D eigenvalue weighted by Crippen LogP contribution is 2.30. The Bertz CT molecular complexity index is 1160. The lowest BCUT2D eigenvalue weighted by atomic mass is 9.94. The molecule has 0 aromatic heterocycles. The maximum atomic E-state index is 14.0. The Labute approximate surface area is 209 Å². The van der Waals surface area contributed by atoms with Crippen molar-refractivity contribution in [2.75, 3.05) is 25.7 Å². The van der Waals surface area contributed by atoms with Crippen LogP contribution >= 0.6 is 0 Å². The number of carbonyl (C=O) groups is 1. The number of aryl methyl sites for hydroxylation is 2. The van der Waals surface area contributed by atoms with Gasteiger partial charge in [-0.05, 0) is 65.8 Å². The number of nitrogens with two attached hydrogens (primary N) is 1. The van der Waals surface area contributed by atoms with Gasteiger partial charge < -0.3 is 20.1 Å². The van der Waals surface area contributed by atoms with E-state index in [0.29, 0.717) is 18.7 Å². The molecule has 5 nitrogen and oxygen atoms in total. The average Bonchev–Trinajstić information content (AvgIpc) is 2.88. The number of anilines is 1. The summed E-state index contributed by atoms with van der Waals surface area (Å²) in [6.07, 6.45) is 2.36.